The van der Waals surface area contributed by atoms with Crippen LogP contribution in [0.2, 0.25) is 0 Å². The molecule has 7 heteroatoms. The SMILES string of the molecule is CC(=O)O[C@@H]1C[C@]2(C)[C@@H](C3(C)OCCO3)CC[C@H]2[C@@H]2C[C@@H]3O[C@@]34CC3(CC[C@]4(C)[C@H]21)OCCO3. The molecule has 0 unspecified atom stereocenters. The molecule has 0 aromatic carbocycles. The van der Waals surface area contributed by atoms with Crippen LogP contribution in [0.5, 0.6) is 0 Å². The quantitative estimate of drug-likeness (QED) is 0.443. The average Bonchev–Trinajstić information content (AvgIpc) is 3.12. The predicted octanol–water partition coefficient (Wildman–Crippen LogP) is 3.82. The van der Waals surface area contributed by atoms with Gasteiger partial charge in [0.1, 0.15) is 11.7 Å². The van der Waals surface area contributed by atoms with Crippen LogP contribution >= 0.6 is 0 Å². The summed E-state index contributed by atoms with van der Waals surface area (Å²) in [5, 5.41) is 0. The summed E-state index contributed by atoms with van der Waals surface area (Å²) in [4.78, 5) is 12.4. The second-order valence-electron chi connectivity index (χ2n) is 12.9. The molecule has 3 aliphatic heterocycles. The van der Waals surface area contributed by atoms with E-state index in [9.17, 15) is 4.79 Å². The zero-order chi connectivity index (χ0) is 23.6. The summed E-state index contributed by atoms with van der Waals surface area (Å²) < 4.78 is 37.6. The Morgan fingerprint density at radius 1 is 0.941 bits per heavy atom. The number of carbonyl (C=O) groups is 1. The molecule has 34 heavy (non-hydrogen) atoms. The summed E-state index contributed by atoms with van der Waals surface area (Å²) in [5.74, 6) is 0.446. The summed E-state index contributed by atoms with van der Waals surface area (Å²) in [6.45, 7) is 11.2. The van der Waals surface area contributed by atoms with Crippen molar-refractivity contribution in [2.24, 2.45) is 34.5 Å². The number of epoxide rings is 1. The highest BCUT2D eigenvalue weighted by Crippen LogP contribution is 2.76. The minimum Gasteiger partial charge on any atom is -0.462 e. The lowest BCUT2D eigenvalue weighted by Crippen LogP contribution is -2.65. The smallest absolute Gasteiger partial charge is 0.302 e. The van der Waals surface area contributed by atoms with E-state index in [-0.39, 0.29) is 34.6 Å². The fraction of sp³-hybridized carbons (Fsp3) is 0.963. The highest BCUT2D eigenvalue weighted by atomic mass is 16.7. The lowest BCUT2D eigenvalue weighted by Gasteiger charge is -2.62. The van der Waals surface area contributed by atoms with E-state index >= 15 is 0 Å². The van der Waals surface area contributed by atoms with Crippen molar-refractivity contribution in [3.8, 4) is 0 Å². The van der Waals surface area contributed by atoms with Crippen LogP contribution in [0.4, 0.5) is 0 Å². The van der Waals surface area contributed by atoms with E-state index in [2.05, 4.69) is 20.8 Å². The zero-order valence-electron chi connectivity index (χ0n) is 21.1. The van der Waals surface area contributed by atoms with E-state index in [0.717, 1.165) is 38.5 Å². The number of rotatable bonds is 2. The highest BCUT2D eigenvalue weighted by molar-refractivity contribution is 5.66. The summed E-state index contributed by atoms with van der Waals surface area (Å²) in [6, 6.07) is 0. The van der Waals surface area contributed by atoms with Gasteiger partial charge in [-0.1, -0.05) is 13.8 Å². The first-order valence-electron chi connectivity index (χ1n) is 13.6. The minimum absolute atomic E-state index is 0.0131. The molecule has 3 saturated heterocycles. The number of carbonyl (C=O) groups excluding carboxylic acids is 1. The van der Waals surface area contributed by atoms with E-state index < -0.39 is 11.6 Å². The topological polar surface area (TPSA) is 75.8 Å². The molecular formula is C27H40O7. The van der Waals surface area contributed by atoms with Gasteiger partial charge in [0.05, 0.1) is 32.5 Å². The van der Waals surface area contributed by atoms with Crippen molar-refractivity contribution in [3.63, 3.8) is 0 Å². The van der Waals surface area contributed by atoms with Gasteiger partial charge >= 0.3 is 5.97 Å². The monoisotopic (exact) mass is 476 g/mol. The molecule has 0 bridgehead atoms. The maximum absolute atomic E-state index is 12.4. The van der Waals surface area contributed by atoms with Gasteiger partial charge in [-0.3, -0.25) is 4.79 Å². The Balaban J connectivity index is 1.26. The molecule has 0 amide bonds. The van der Waals surface area contributed by atoms with Gasteiger partial charge in [0.2, 0.25) is 0 Å². The van der Waals surface area contributed by atoms with Crippen LogP contribution in [0.1, 0.15) is 72.6 Å². The average molecular weight is 477 g/mol. The van der Waals surface area contributed by atoms with E-state index in [1.165, 1.54) is 6.42 Å². The van der Waals surface area contributed by atoms with Gasteiger partial charge in [-0.2, -0.15) is 0 Å². The molecule has 7 aliphatic rings. The molecule has 0 aromatic rings. The summed E-state index contributed by atoms with van der Waals surface area (Å²) in [5.41, 5.74) is -0.255. The van der Waals surface area contributed by atoms with Gasteiger partial charge in [-0.05, 0) is 56.3 Å². The Morgan fingerprint density at radius 2 is 1.65 bits per heavy atom. The molecule has 4 aliphatic carbocycles. The Hall–Kier alpha value is -0.730. The van der Waals surface area contributed by atoms with Crippen molar-refractivity contribution < 1.29 is 33.2 Å². The second-order valence-corrected chi connectivity index (χ2v) is 12.9. The molecule has 2 spiro atoms. The third-order valence-electron chi connectivity index (χ3n) is 11.6. The van der Waals surface area contributed by atoms with Crippen LogP contribution in [-0.4, -0.2) is 61.8 Å². The van der Waals surface area contributed by atoms with Gasteiger partial charge in [0, 0.05) is 37.0 Å². The van der Waals surface area contributed by atoms with Crippen molar-refractivity contribution in [2.75, 3.05) is 26.4 Å². The van der Waals surface area contributed by atoms with Crippen molar-refractivity contribution in [2.45, 2.75) is 102 Å². The molecule has 0 N–H and O–H groups in total. The maximum atomic E-state index is 12.4. The Bertz CT molecular complexity index is 878. The standard InChI is InChI=1S/C27H40O7/c1-16(28)33-19-14-23(2)18(5-6-20(23)25(4)29-9-10-30-25)17-13-21-27(34-21)15-26(31-11-12-32-26)8-7-24(27,3)22(17)19/h17-22H,5-15H2,1-4H3/t17-,18-,19+,20-,21-,22+,23-,24+,27-/m0/s1. The molecule has 190 valence electrons. The van der Waals surface area contributed by atoms with E-state index in [4.69, 9.17) is 28.4 Å². The first-order chi connectivity index (χ1) is 16.1. The molecule has 3 heterocycles. The van der Waals surface area contributed by atoms with Gasteiger partial charge in [-0.25, -0.2) is 0 Å². The fourth-order valence-corrected chi connectivity index (χ4v) is 10.4. The number of hydrogen-bond acceptors (Lipinski definition) is 7. The fourth-order valence-electron chi connectivity index (χ4n) is 10.4. The molecular weight excluding hydrogens is 436 g/mol. The first-order valence-corrected chi connectivity index (χ1v) is 13.6. The van der Waals surface area contributed by atoms with Crippen LogP contribution < -0.4 is 0 Å². The Labute approximate surface area is 202 Å². The minimum atomic E-state index is -0.538. The summed E-state index contributed by atoms with van der Waals surface area (Å²) in [7, 11) is 0. The lowest BCUT2D eigenvalue weighted by molar-refractivity contribution is -0.252. The second kappa shape index (κ2) is 6.97. The molecule has 0 aromatic heterocycles. The normalized spacial score (nSPS) is 54.1. The lowest BCUT2D eigenvalue weighted by atomic mass is 9.43. The van der Waals surface area contributed by atoms with Crippen molar-refractivity contribution in [3.05, 3.63) is 0 Å². The first kappa shape index (κ1) is 22.5. The third kappa shape index (κ3) is 2.74. The Morgan fingerprint density at radius 3 is 2.35 bits per heavy atom. The maximum Gasteiger partial charge on any atom is 0.302 e. The van der Waals surface area contributed by atoms with Gasteiger partial charge < -0.3 is 28.4 Å². The van der Waals surface area contributed by atoms with Gasteiger partial charge in [-0.15, -0.1) is 0 Å². The van der Waals surface area contributed by atoms with Crippen LogP contribution in [0.3, 0.4) is 0 Å². The van der Waals surface area contributed by atoms with Crippen LogP contribution in [0.25, 0.3) is 0 Å². The number of hydrogen-bond donors (Lipinski definition) is 0. The van der Waals surface area contributed by atoms with E-state index in [0.29, 0.717) is 50.1 Å². The van der Waals surface area contributed by atoms with Crippen molar-refractivity contribution >= 4 is 5.97 Å². The molecule has 7 nitrogen and oxygen atoms in total. The molecule has 0 radical (unpaired) electrons. The van der Waals surface area contributed by atoms with Crippen LogP contribution in [-0.2, 0) is 33.2 Å². The highest BCUT2D eigenvalue weighted by Gasteiger charge is 2.80. The van der Waals surface area contributed by atoms with E-state index in [1.54, 1.807) is 6.92 Å². The Kier molecular flexibility index (Phi) is 4.61. The van der Waals surface area contributed by atoms with Crippen LogP contribution in [0.15, 0.2) is 0 Å². The molecule has 9 atom stereocenters. The zero-order valence-corrected chi connectivity index (χ0v) is 21.1. The summed E-state index contributed by atoms with van der Waals surface area (Å²) in [6.07, 6.45) is 7.02. The van der Waals surface area contributed by atoms with Gasteiger partial charge in [0.15, 0.2) is 11.6 Å². The molecule has 7 fully saturated rings. The van der Waals surface area contributed by atoms with Crippen molar-refractivity contribution in [1.82, 2.24) is 0 Å². The number of esters is 1. The summed E-state index contributed by atoms with van der Waals surface area (Å²) >= 11 is 0. The van der Waals surface area contributed by atoms with E-state index in [1.807, 2.05) is 0 Å². The molecule has 7 rings (SSSR count). The van der Waals surface area contributed by atoms with Crippen LogP contribution in [0, 0.1) is 34.5 Å². The third-order valence-corrected chi connectivity index (χ3v) is 11.6. The van der Waals surface area contributed by atoms with Crippen molar-refractivity contribution in [1.29, 1.82) is 0 Å². The van der Waals surface area contributed by atoms with Gasteiger partial charge in [0.25, 0.3) is 0 Å². The largest absolute Gasteiger partial charge is 0.462 e. The number of fused-ring (bicyclic) bond motifs is 4. The number of ether oxygens (including phenoxy) is 6. The predicted molar refractivity (Wildman–Crippen MR) is 121 cm³/mol. The molecule has 4 saturated carbocycles.